The van der Waals surface area contributed by atoms with Gasteiger partial charge in [-0.1, -0.05) is 117 Å². The van der Waals surface area contributed by atoms with Gasteiger partial charge in [-0.05, 0) is 79.6 Å². The summed E-state index contributed by atoms with van der Waals surface area (Å²) in [5.41, 5.74) is 0.515. The highest BCUT2D eigenvalue weighted by molar-refractivity contribution is 5.91. The Morgan fingerprint density at radius 3 is 1.62 bits per heavy atom. The lowest BCUT2D eigenvalue weighted by Crippen LogP contribution is -2.20. The Bertz CT molecular complexity index is 952. The van der Waals surface area contributed by atoms with E-state index >= 15 is 0 Å². The summed E-state index contributed by atoms with van der Waals surface area (Å²) in [6.45, 7) is 6.01. The normalized spacial score (nSPS) is 16.7. The van der Waals surface area contributed by atoms with Crippen molar-refractivity contribution in [1.29, 1.82) is 0 Å². The molecule has 0 heterocycles. The molecule has 2 unspecified atom stereocenters. The summed E-state index contributed by atoms with van der Waals surface area (Å²) in [5.74, 6) is 3.58. The molecule has 0 radical (unpaired) electrons. The second kappa shape index (κ2) is 21.2. The first-order chi connectivity index (χ1) is 20.7. The molecule has 4 nitrogen and oxygen atoms in total. The lowest BCUT2D eigenvalue weighted by Gasteiger charge is -2.31. The summed E-state index contributed by atoms with van der Waals surface area (Å²) in [5, 5.41) is 0. The third kappa shape index (κ3) is 13.7. The van der Waals surface area contributed by atoms with E-state index in [1.807, 2.05) is 24.3 Å². The Kier molecular flexibility index (Phi) is 17.2. The molecule has 234 valence electrons. The van der Waals surface area contributed by atoms with Crippen molar-refractivity contribution in [3.05, 3.63) is 54.1 Å². The first-order valence-electron chi connectivity index (χ1n) is 17.4. The molecule has 4 heteroatoms. The molecule has 1 aliphatic rings. The van der Waals surface area contributed by atoms with E-state index in [2.05, 4.69) is 13.8 Å². The number of rotatable bonds is 22. The van der Waals surface area contributed by atoms with Crippen molar-refractivity contribution in [2.45, 2.75) is 136 Å². The lowest BCUT2D eigenvalue weighted by molar-refractivity contribution is 0.0734. The van der Waals surface area contributed by atoms with Gasteiger partial charge in [-0.2, -0.15) is 0 Å². The molecule has 1 saturated carbocycles. The largest absolute Gasteiger partial charge is 0.494 e. The van der Waals surface area contributed by atoms with Gasteiger partial charge in [-0.3, -0.25) is 0 Å². The van der Waals surface area contributed by atoms with Crippen LogP contribution in [0, 0.1) is 11.8 Å². The molecule has 0 aliphatic heterocycles. The van der Waals surface area contributed by atoms with Crippen LogP contribution in [-0.2, 0) is 0 Å². The molecule has 2 atom stereocenters. The highest BCUT2D eigenvalue weighted by Gasteiger charge is 2.24. The quantitative estimate of drug-likeness (QED) is 0.0792. The molecule has 0 spiro atoms. The zero-order valence-electron chi connectivity index (χ0n) is 26.8. The molecule has 0 saturated heterocycles. The van der Waals surface area contributed by atoms with Crippen LogP contribution in [0.25, 0.3) is 0 Å². The van der Waals surface area contributed by atoms with Crippen LogP contribution in [0.3, 0.4) is 0 Å². The van der Waals surface area contributed by atoms with E-state index in [4.69, 9.17) is 14.2 Å². The van der Waals surface area contributed by atoms with E-state index in [1.165, 1.54) is 109 Å². The molecule has 42 heavy (non-hydrogen) atoms. The number of carbonyl (C=O) groups is 1. The summed E-state index contributed by atoms with van der Waals surface area (Å²) in [6.07, 6.45) is 25.2. The number of unbranched alkanes of at least 4 members (excludes halogenated alkanes) is 10. The van der Waals surface area contributed by atoms with Crippen LogP contribution in [0.5, 0.6) is 17.2 Å². The molecular formula is C38H58O4. The van der Waals surface area contributed by atoms with Crippen molar-refractivity contribution in [1.82, 2.24) is 0 Å². The smallest absolute Gasteiger partial charge is 0.343 e. The van der Waals surface area contributed by atoms with E-state index < -0.39 is 0 Å². The first-order valence-corrected chi connectivity index (χ1v) is 17.4. The van der Waals surface area contributed by atoms with Gasteiger partial charge in [0.05, 0.1) is 18.8 Å². The third-order valence-electron chi connectivity index (χ3n) is 8.87. The first kappa shape index (κ1) is 34.0. The fourth-order valence-corrected chi connectivity index (χ4v) is 6.30. The molecule has 1 fully saturated rings. The van der Waals surface area contributed by atoms with Crippen LogP contribution < -0.4 is 14.2 Å². The highest BCUT2D eigenvalue weighted by atomic mass is 16.5. The van der Waals surface area contributed by atoms with Crippen LogP contribution in [-0.4, -0.2) is 19.2 Å². The van der Waals surface area contributed by atoms with Gasteiger partial charge in [0, 0.05) is 0 Å². The summed E-state index contributed by atoms with van der Waals surface area (Å²) >= 11 is 0. The Morgan fingerprint density at radius 1 is 0.571 bits per heavy atom. The fraction of sp³-hybridized carbons (Fsp3) is 0.658. The minimum Gasteiger partial charge on any atom is -0.494 e. The lowest BCUT2D eigenvalue weighted by atomic mass is 9.74. The number of esters is 1. The van der Waals surface area contributed by atoms with Gasteiger partial charge in [0.25, 0.3) is 0 Å². The Labute approximate surface area is 256 Å². The van der Waals surface area contributed by atoms with E-state index in [0.29, 0.717) is 17.9 Å². The maximum absolute atomic E-state index is 12.6. The van der Waals surface area contributed by atoms with E-state index in [9.17, 15) is 4.79 Å². The van der Waals surface area contributed by atoms with Gasteiger partial charge in [0.1, 0.15) is 17.2 Å². The number of hydrogen-bond donors (Lipinski definition) is 0. The topological polar surface area (TPSA) is 44.8 Å². The molecular weight excluding hydrogens is 520 g/mol. The van der Waals surface area contributed by atoms with Crippen LogP contribution in [0.15, 0.2) is 48.5 Å². The Balaban J connectivity index is 1.28. The maximum Gasteiger partial charge on any atom is 0.343 e. The second-order valence-electron chi connectivity index (χ2n) is 12.4. The van der Waals surface area contributed by atoms with Crippen molar-refractivity contribution < 1.29 is 19.0 Å². The van der Waals surface area contributed by atoms with Crippen LogP contribution in [0.2, 0.25) is 0 Å². The molecule has 1 aliphatic carbocycles. The van der Waals surface area contributed by atoms with E-state index in [-0.39, 0.29) is 5.97 Å². The average molecular weight is 579 g/mol. The SMILES string of the molecule is CCCCCCCCCCCOc1ccc(C(=O)Oc2ccc(OCCCC3CCCCC3CCCCC)cc2)cc1. The van der Waals surface area contributed by atoms with Gasteiger partial charge >= 0.3 is 5.97 Å². The van der Waals surface area contributed by atoms with Crippen LogP contribution in [0.1, 0.15) is 146 Å². The van der Waals surface area contributed by atoms with E-state index in [1.54, 1.807) is 24.3 Å². The second-order valence-corrected chi connectivity index (χ2v) is 12.4. The average Bonchev–Trinajstić information content (AvgIpc) is 3.02. The summed E-state index contributed by atoms with van der Waals surface area (Å²) in [7, 11) is 0. The van der Waals surface area contributed by atoms with Gasteiger partial charge in [0.2, 0.25) is 0 Å². The fourth-order valence-electron chi connectivity index (χ4n) is 6.30. The zero-order valence-corrected chi connectivity index (χ0v) is 26.8. The summed E-state index contributed by atoms with van der Waals surface area (Å²) in [4.78, 5) is 12.6. The van der Waals surface area contributed by atoms with Crippen LogP contribution in [0.4, 0.5) is 0 Å². The van der Waals surface area contributed by atoms with Crippen molar-refractivity contribution in [2.24, 2.45) is 11.8 Å². The van der Waals surface area contributed by atoms with Crippen molar-refractivity contribution in [2.75, 3.05) is 13.2 Å². The maximum atomic E-state index is 12.6. The van der Waals surface area contributed by atoms with Gasteiger partial charge in [-0.25, -0.2) is 4.79 Å². The predicted octanol–water partition coefficient (Wildman–Crippen LogP) is 11.4. The molecule has 0 N–H and O–H groups in total. The van der Waals surface area contributed by atoms with Crippen molar-refractivity contribution >= 4 is 5.97 Å². The third-order valence-corrected chi connectivity index (χ3v) is 8.87. The highest BCUT2D eigenvalue weighted by Crippen LogP contribution is 2.36. The number of ether oxygens (including phenoxy) is 3. The number of benzene rings is 2. The minimum atomic E-state index is -0.366. The minimum absolute atomic E-state index is 0.366. The predicted molar refractivity (Wildman–Crippen MR) is 175 cm³/mol. The molecule has 2 aromatic rings. The molecule has 2 aromatic carbocycles. The van der Waals surface area contributed by atoms with Gasteiger partial charge in [0.15, 0.2) is 0 Å². The van der Waals surface area contributed by atoms with E-state index in [0.717, 1.165) is 42.8 Å². The molecule has 0 aromatic heterocycles. The summed E-state index contributed by atoms with van der Waals surface area (Å²) in [6, 6.07) is 14.6. The number of hydrogen-bond acceptors (Lipinski definition) is 4. The Morgan fingerprint density at radius 2 is 1.02 bits per heavy atom. The monoisotopic (exact) mass is 578 g/mol. The Hall–Kier alpha value is -2.49. The zero-order chi connectivity index (χ0) is 29.7. The van der Waals surface area contributed by atoms with Crippen molar-refractivity contribution in [3.63, 3.8) is 0 Å². The molecule has 0 amide bonds. The molecule has 3 rings (SSSR count). The summed E-state index contributed by atoms with van der Waals surface area (Å²) < 4.78 is 17.5. The van der Waals surface area contributed by atoms with Crippen LogP contribution >= 0.6 is 0 Å². The molecule has 0 bridgehead atoms. The van der Waals surface area contributed by atoms with Gasteiger partial charge in [-0.15, -0.1) is 0 Å². The number of carbonyl (C=O) groups excluding carboxylic acids is 1. The standard InChI is InChI=1S/C38H58O4/c1-3-5-7-8-9-10-11-12-16-30-40-35-24-22-34(23-25-35)38(39)42-37-28-26-36(27-29-37)41-31-17-21-33-20-15-14-19-32(33)18-13-6-4-2/h22-29,32-33H,3-21,30-31H2,1-2H3. The van der Waals surface area contributed by atoms with Gasteiger partial charge < -0.3 is 14.2 Å². The van der Waals surface area contributed by atoms with Crippen molar-refractivity contribution in [3.8, 4) is 17.2 Å².